The van der Waals surface area contributed by atoms with Crippen LogP contribution >= 0.6 is 0 Å². The van der Waals surface area contributed by atoms with Crippen molar-refractivity contribution in [3.8, 4) is 0 Å². The fourth-order valence-corrected chi connectivity index (χ4v) is 3.81. The summed E-state index contributed by atoms with van der Waals surface area (Å²) in [7, 11) is 0. The molecule has 4 rings (SSSR count). The van der Waals surface area contributed by atoms with Gasteiger partial charge in [0, 0.05) is 30.5 Å². The van der Waals surface area contributed by atoms with Crippen LogP contribution in [0.25, 0.3) is 0 Å². The van der Waals surface area contributed by atoms with E-state index in [1.54, 1.807) is 42.3 Å². The number of carbonyl (C=O) groups excluding carboxylic acids is 3. The number of pyridine rings is 1. The topological polar surface area (TPSA) is 103 Å². The van der Waals surface area contributed by atoms with E-state index in [-0.39, 0.29) is 17.8 Å². The molecule has 3 heterocycles. The van der Waals surface area contributed by atoms with E-state index < -0.39 is 5.54 Å². The van der Waals surface area contributed by atoms with E-state index >= 15 is 0 Å². The molecule has 4 amide bonds. The Kier molecular flexibility index (Phi) is 5.39. The molecule has 2 aromatic rings. The van der Waals surface area contributed by atoms with Gasteiger partial charge in [0.25, 0.3) is 5.91 Å². The van der Waals surface area contributed by atoms with Crippen LogP contribution in [0, 0.1) is 0 Å². The highest BCUT2D eigenvalue weighted by Crippen LogP contribution is 2.22. The number of aromatic nitrogens is 1. The lowest BCUT2D eigenvalue weighted by atomic mass is 9.94. The minimum absolute atomic E-state index is 0.154. The van der Waals surface area contributed by atoms with Gasteiger partial charge in [-0.15, -0.1) is 0 Å². The first kappa shape index (κ1) is 19.9. The summed E-state index contributed by atoms with van der Waals surface area (Å²) in [6.07, 6.45) is 4.11. The zero-order chi connectivity index (χ0) is 21.1. The van der Waals surface area contributed by atoms with E-state index in [9.17, 15) is 14.4 Å². The third-order valence-corrected chi connectivity index (χ3v) is 5.65. The van der Waals surface area contributed by atoms with E-state index in [2.05, 4.69) is 20.9 Å². The molecule has 2 aliphatic heterocycles. The van der Waals surface area contributed by atoms with Crippen molar-refractivity contribution in [2.75, 3.05) is 11.9 Å². The van der Waals surface area contributed by atoms with Crippen LogP contribution in [0.4, 0.5) is 10.5 Å². The second-order valence-electron chi connectivity index (χ2n) is 7.97. The summed E-state index contributed by atoms with van der Waals surface area (Å²) in [5, 5.41) is 8.56. The molecule has 1 aromatic carbocycles. The van der Waals surface area contributed by atoms with Gasteiger partial charge in [0.05, 0.1) is 12.2 Å². The summed E-state index contributed by atoms with van der Waals surface area (Å²) in [4.78, 5) is 43.5. The van der Waals surface area contributed by atoms with Crippen LogP contribution < -0.4 is 16.0 Å². The minimum atomic E-state index is -0.917. The molecule has 1 aromatic heterocycles. The molecule has 1 atom stereocenters. The number of rotatable bonds is 3. The van der Waals surface area contributed by atoms with Crippen LogP contribution in [0.5, 0.6) is 0 Å². The van der Waals surface area contributed by atoms with Gasteiger partial charge in [-0.1, -0.05) is 6.07 Å². The highest BCUT2D eigenvalue weighted by atomic mass is 16.2. The molecule has 30 heavy (non-hydrogen) atoms. The number of benzene rings is 1. The summed E-state index contributed by atoms with van der Waals surface area (Å²) in [5.74, 6) is -0.466. The largest absolute Gasteiger partial charge is 0.354 e. The Balaban J connectivity index is 1.36. The molecule has 8 nitrogen and oxygen atoms in total. The summed E-state index contributed by atoms with van der Waals surface area (Å²) < 4.78 is 0. The lowest BCUT2D eigenvalue weighted by molar-refractivity contribution is -0.126. The molecule has 0 radical (unpaired) electrons. The van der Waals surface area contributed by atoms with Gasteiger partial charge in [0.2, 0.25) is 5.91 Å². The summed E-state index contributed by atoms with van der Waals surface area (Å²) in [6.45, 7) is 3.39. The fourth-order valence-electron chi connectivity index (χ4n) is 3.81. The second kappa shape index (κ2) is 8.14. The molecule has 0 saturated carbocycles. The van der Waals surface area contributed by atoms with Crippen molar-refractivity contribution >= 4 is 23.5 Å². The standard InChI is InChI=1S/C22H25N5O3/c1-22(10-2-3-11-24-20(22)29)26-19(28)15-6-8-17(9-7-15)25-21(30)27-13-16-5-4-12-23-18(16)14-27/h4-9,12H,2-3,10-11,13-14H2,1H3,(H,24,29)(H,25,30)(H,26,28)/t22-/m0/s1. The van der Waals surface area contributed by atoms with E-state index in [4.69, 9.17) is 0 Å². The van der Waals surface area contributed by atoms with E-state index in [1.807, 2.05) is 12.1 Å². The summed E-state index contributed by atoms with van der Waals surface area (Å²) >= 11 is 0. The Labute approximate surface area is 175 Å². The maximum absolute atomic E-state index is 12.7. The number of nitrogens with one attached hydrogen (secondary N) is 3. The molecule has 1 fully saturated rings. The monoisotopic (exact) mass is 407 g/mol. The lowest BCUT2D eigenvalue weighted by Crippen LogP contribution is -2.55. The zero-order valence-corrected chi connectivity index (χ0v) is 16.9. The van der Waals surface area contributed by atoms with Crippen LogP contribution in [0.2, 0.25) is 0 Å². The van der Waals surface area contributed by atoms with Crippen LogP contribution in [-0.4, -0.2) is 39.8 Å². The molecule has 8 heteroatoms. The first-order chi connectivity index (χ1) is 14.4. The van der Waals surface area contributed by atoms with Crippen molar-refractivity contribution in [3.63, 3.8) is 0 Å². The smallest absolute Gasteiger partial charge is 0.322 e. The molecule has 0 aliphatic carbocycles. The highest BCUT2D eigenvalue weighted by molar-refractivity contribution is 5.99. The van der Waals surface area contributed by atoms with Gasteiger partial charge >= 0.3 is 6.03 Å². The fraction of sp³-hybridized carbons (Fsp3) is 0.364. The Morgan fingerprint density at radius 1 is 1.13 bits per heavy atom. The van der Waals surface area contributed by atoms with Gasteiger partial charge in [-0.05, 0) is 62.1 Å². The predicted molar refractivity (Wildman–Crippen MR) is 112 cm³/mol. The average molecular weight is 407 g/mol. The molecule has 1 saturated heterocycles. The molecule has 2 aliphatic rings. The van der Waals surface area contributed by atoms with E-state index in [0.717, 1.165) is 24.1 Å². The first-order valence-electron chi connectivity index (χ1n) is 10.1. The third kappa shape index (κ3) is 4.12. The van der Waals surface area contributed by atoms with E-state index in [1.165, 1.54) is 0 Å². The Morgan fingerprint density at radius 2 is 1.93 bits per heavy atom. The number of urea groups is 1. The number of hydrogen-bond acceptors (Lipinski definition) is 4. The molecule has 156 valence electrons. The summed E-state index contributed by atoms with van der Waals surface area (Å²) in [6, 6.07) is 10.3. The maximum atomic E-state index is 12.7. The van der Waals surface area contributed by atoms with Crippen molar-refractivity contribution in [1.29, 1.82) is 0 Å². The number of amides is 4. The molecule has 0 unspecified atom stereocenters. The Bertz CT molecular complexity index is 950. The number of carbonyl (C=O) groups is 3. The van der Waals surface area contributed by atoms with Gasteiger partial charge < -0.3 is 20.9 Å². The molecule has 0 spiro atoms. The predicted octanol–water partition coefficient (Wildman–Crippen LogP) is 2.42. The minimum Gasteiger partial charge on any atom is -0.354 e. The quantitative estimate of drug-likeness (QED) is 0.727. The lowest BCUT2D eigenvalue weighted by Gasteiger charge is -2.27. The van der Waals surface area contributed by atoms with Crippen LogP contribution in [0.15, 0.2) is 42.6 Å². The Morgan fingerprint density at radius 3 is 2.70 bits per heavy atom. The van der Waals surface area contributed by atoms with Crippen molar-refractivity contribution in [2.45, 2.75) is 44.8 Å². The molecular formula is C22H25N5O3. The van der Waals surface area contributed by atoms with Gasteiger partial charge in [-0.3, -0.25) is 14.6 Å². The first-order valence-corrected chi connectivity index (χ1v) is 10.1. The van der Waals surface area contributed by atoms with Crippen molar-refractivity contribution in [1.82, 2.24) is 20.5 Å². The van der Waals surface area contributed by atoms with Crippen molar-refractivity contribution < 1.29 is 14.4 Å². The average Bonchev–Trinajstić information content (AvgIpc) is 3.11. The zero-order valence-electron chi connectivity index (χ0n) is 16.9. The van der Waals surface area contributed by atoms with Crippen molar-refractivity contribution in [2.24, 2.45) is 0 Å². The van der Waals surface area contributed by atoms with Crippen LogP contribution in [0.1, 0.15) is 47.8 Å². The van der Waals surface area contributed by atoms with Gasteiger partial charge in [-0.2, -0.15) is 0 Å². The van der Waals surface area contributed by atoms with E-state index in [0.29, 0.717) is 37.3 Å². The highest BCUT2D eigenvalue weighted by Gasteiger charge is 2.35. The van der Waals surface area contributed by atoms with Gasteiger partial charge in [-0.25, -0.2) is 4.79 Å². The Hall–Kier alpha value is -3.42. The SMILES string of the molecule is C[C@]1(NC(=O)c2ccc(NC(=O)N3Cc4cccnc4C3)cc2)CCCCNC1=O. The molecule has 0 bridgehead atoms. The summed E-state index contributed by atoms with van der Waals surface area (Å²) in [5.41, 5.74) is 2.08. The second-order valence-corrected chi connectivity index (χ2v) is 7.97. The number of nitrogens with zero attached hydrogens (tertiary/aromatic N) is 2. The number of anilines is 1. The third-order valence-electron chi connectivity index (χ3n) is 5.65. The van der Waals surface area contributed by atoms with Crippen LogP contribution in [0.3, 0.4) is 0 Å². The maximum Gasteiger partial charge on any atom is 0.322 e. The number of fused-ring (bicyclic) bond motifs is 1. The number of hydrogen-bond donors (Lipinski definition) is 3. The van der Waals surface area contributed by atoms with Crippen molar-refractivity contribution in [3.05, 3.63) is 59.4 Å². The molecule has 3 N–H and O–H groups in total. The van der Waals surface area contributed by atoms with Gasteiger partial charge in [0.15, 0.2) is 0 Å². The molecular weight excluding hydrogens is 382 g/mol. The van der Waals surface area contributed by atoms with Crippen LogP contribution in [-0.2, 0) is 17.9 Å². The normalized spacial score (nSPS) is 20.7. The van der Waals surface area contributed by atoms with Gasteiger partial charge in [0.1, 0.15) is 5.54 Å².